The highest BCUT2D eigenvalue weighted by atomic mass is 127. The first-order valence-electron chi connectivity index (χ1n) is 12.2. The van der Waals surface area contributed by atoms with Crippen molar-refractivity contribution < 1.29 is 9.59 Å². The highest BCUT2D eigenvalue weighted by Crippen LogP contribution is 2.39. The Bertz CT molecular complexity index is 636. The van der Waals surface area contributed by atoms with Gasteiger partial charge in [-0.25, -0.2) is 0 Å². The molecule has 0 aromatic carbocycles. The molecule has 2 aliphatic heterocycles. The third kappa shape index (κ3) is 6.95. The van der Waals surface area contributed by atoms with Crippen LogP contribution in [0.1, 0.15) is 51.9 Å². The van der Waals surface area contributed by atoms with Crippen LogP contribution in [-0.2, 0) is 9.59 Å². The lowest BCUT2D eigenvalue weighted by Gasteiger charge is -2.38. The van der Waals surface area contributed by atoms with Crippen molar-refractivity contribution in [2.24, 2.45) is 10.4 Å². The average molecular weight is 563 g/mol. The summed E-state index contributed by atoms with van der Waals surface area (Å²) in [4.78, 5) is 38.7. The Hall–Kier alpha value is -1.10. The quantitative estimate of drug-likeness (QED) is 0.304. The fourth-order valence-electron chi connectivity index (χ4n) is 5.17. The molecular formula is C23H43IN6O2. The zero-order valence-electron chi connectivity index (χ0n) is 20.3. The third-order valence-corrected chi connectivity index (χ3v) is 7.03. The zero-order chi connectivity index (χ0) is 22.3. The molecule has 0 unspecified atom stereocenters. The molecule has 0 aromatic rings. The summed E-state index contributed by atoms with van der Waals surface area (Å²) in [5.41, 5.74) is -0.340. The number of likely N-dealkylation sites (tertiary alicyclic amines) is 1. The summed E-state index contributed by atoms with van der Waals surface area (Å²) < 4.78 is 0. The van der Waals surface area contributed by atoms with E-state index < -0.39 is 0 Å². The largest absolute Gasteiger partial charge is 0.357 e. The second-order valence-corrected chi connectivity index (χ2v) is 9.56. The average Bonchev–Trinajstić information content (AvgIpc) is 3.27. The lowest BCUT2D eigenvalue weighted by molar-refractivity contribution is -0.138. The standard InChI is InChI=1S/C23H42N6O2.HI/c1-4-24-22(25-19-23(10-6-7-11-23)21(31)26(2)3)29-16-14-27(15-17-29)18-20(30)28-12-8-5-9-13-28;/h4-19H2,1-3H3,(H,24,25);1H. The third-order valence-electron chi connectivity index (χ3n) is 7.03. The maximum Gasteiger partial charge on any atom is 0.236 e. The van der Waals surface area contributed by atoms with Gasteiger partial charge in [0, 0.05) is 59.9 Å². The van der Waals surface area contributed by atoms with E-state index in [1.807, 2.05) is 19.0 Å². The topological polar surface area (TPSA) is 71.5 Å². The van der Waals surface area contributed by atoms with Crippen LogP contribution in [-0.4, -0.2) is 110 Å². The summed E-state index contributed by atoms with van der Waals surface area (Å²) in [6, 6.07) is 0. The van der Waals surface area contributed by atoms with Crippen molar-refractivity contribution in [2.75, 3.05) is 73.0 Å². The number of piperazine rings is 1. The van der Waals surface area contributed by atoms with E-state index in [2.05, 4.69) is 22.0 Å². The van der Waals surface area contributed by atoms with Crippen molar-refractivity contribution in [3.8, 4) is 0 Å². The van der Waals surface area contributed by atoms with Crippen molar-refractivity contribution >= 4 is 41.8 Å². The monoisotopic (exact) mass is 562 g/mol. The number of nitrogens with one attached hydrogen (secondary N) is 1. The number of amides is 2. The van der Waals surface area contributed by atoms with Gasteiger partial charge in [0.25, 0.3) is 0 Å². The smallest absolute Gasteiger partial charge is 0.236 e. The fourth-order valence-corrected chi connectivity index (χ4v) is 5.17. The molecule has 3 fully saturated rings. The van der Waals surface area contributed by atoms with Gasteiger partial charge in [-0.3, -0.25) is 19.5 Å². The van der Waals surface area contributed by atoms with E-state index in [1.165, 1.54) is 6.42 Å². The van der Waals surface area contributed by atoms with Gasteiger partial charge in [0.1, 0.15) is 0 Å². The molecule has 2 saturated heterocycles. The van der Waals surface area contributed by atoms with Crippen molar-refractivity contribution in [3.63, 3.8) is 0 Å². The number of carbonyl (C=O) groups excluding carboxylic acids is 2. The predicted octanol–water partition coefficient (Wildman–Crippen LogP) is 1.85. The van der Waals surface area contributed by atoms with Crippen molar-refractivity contribution in [1.82, 2.24) is 24.9 Å². The molecule has 1 N–H and O–H groups in total. The predicted molar refractivity (Wildman–Crippen MR) is 139 cm³/mol. The first-order valence-corrected chi connectivity index (χ1v) is 12.2. The molecule has 2 heterocycles. The summed E-state index contributed by atoms with van der Waals surface area (Å²) in [6.45, 7) is 9.26. The van der Waals surface area contributed by atoms with Gasteiger partial charge in [0.15, 0.2) is 5.96 Å². The Balaban J connectivity index is 0.00000363. The molecule has 0 atom stereocenters. The van der Waals surface area contributed by atoms with Crippen LogP contribution in [0.2, 0.25) is 0 Å². The number of hydrogen-bond donors (Lipinski definition) is 1. The number of halogens is 1. The number of rotatable bonds is 6. The Labute approximate surface area is 211 Å². The molecule has 0 bridgehead atoms. The Morgan fingerprint density at radius 1 is 0.906 bits per heavy atom. The van der Waals surface area contributed by atoms with Gasteiger partial charge in [-0.1, -0.05) is 12.8 Å². The Morgan fingerprint density at radius 2 is 1.53 bits per heavy atom. The van der Waals surface area contributed by atoms with E-state index in [0.717, 1.165) is 90.3 Å². The van der Waals surface area contributed by atoms with Crippen LogP contribution >= 0.6 is 24.0 Å². The van der Waals surface area contributed by atoms with E-state index in [4.69, 9.17) is 4.99 Å². The number of piperidine rings is 1. The molecule has 184 valence electrons. The van der Waals surface area contributed by atoms with Gasteiger partial charge < -0.3 is 20.0 Å². The summed E-state index contributed by atoms with van der Waals surface area (Å²) in [6.07, 6.45) is 7.60. The van der Waals surface area contributed by atoms with E-state index in [9.17, 15) is 9.59 Å². The SMILES string of the molecule is CCNC(=NCC1(C(=O)N(C)C)CCCC1)N1CCN(CC(=O)N2CCCCC2)CC1.I. The first kappa shape index (κ1) is 27.1. The molecular weight excluding hydrogens is 519 g/mol. The van der Waals surface area contributed by atoms with Gasteiger partial charge in [-0.05, 0) is 39.0 Å². The van der Waals surface area contributed by atoms with Crippen LogP contribution in [0.15, 0.2) is 4.99 Å². The molecule has 1 aliphatic carbocycles. The summed E-state index contributed by atoms with van der Waals surface area (Å²) in [5, 5.41) is 3.43. The molecule has 8 nitrogen and oxygen atoms in total. The van der Waals surface area contributed by atoms with Crippen LogP contribution in [0.4, 0.5) is 0 Å². The van der Waals surface area contributed by atoms with Crippen LogP contribution in [0.5, 0.6) is 0 Å². The molecule has 32 heavy (non-hydrogen) atoms. The van der Waals surface area contributed by atoms with Crippen molar-refractivity contribution in [2.45, 2.75) is 51.9 Å². The zero-order valence-corrected chi connectivity index (χ0v) is 22.6. The number of aliphatic imine (C=N–C) groups is 1. The van der Waals surface area contributed by atoms with Crippen LogP contribution in [0, 0.1) is 5.41 Å². The molecule has 2 amide bonds. The minimum atomic E-state index is -0.340. The second-order valence-electron chi connectivity index (χ2n) is 9.56. The Morgan fingerprint density at radius 3 is 2.09 bits per heavy atom. The second kappa shape index (κ2) is 13.0. The molecule has 9 heteroatoms. The minimum absolute atomic E-state index is 0. The van der Waals surface area contributed by atoms with E-state index in [0.29, 0.717) is 13.1 Å². The molecule has 0 spiro atoms. The first-order chi connectivity index (χ1) is 14.9. The van der Waals surface area contributed by atoms with Gasteiger partial charge in [-0.15, -0.1) is 24.0 Å². The number of hydrogen-bond acceptors (Lipinski definition) is 4. The summed E-state index contributed by atoms with van der Waals surface area (Å²) in [5.74, 6) is 1.40. The maximum atomic E-state index is 12.9. The van der Waals surface area contributed by atoms with Crippen LogP contribution in [0.3, 0.4) is 0 Å². The Kier molecular flexibility index (Phi) is 11.0. The van der Waals surface area contributed by atoms with Crippen molar-refractivity contribution in [3.05, 3.63) is 0 Å². The lowest BCUT2D eigenvalue weighted by atomic mass is 9.85. The molecule has 3 aliphatic rings. The number of carbonyl (C=O) groups is 2. The van der Waals surface area contributed by atoms with E-state index in [-0.39, 0.29) is 41.2 Å². The highest BCUT2D eigenvalue weighted by molar-refractivity contribution is 14.0. The van der Waals surface area contributed by atoms with Gasteiger partial charge in [-0.2, -0.15) is 0 Å². The van der Waals surface area contributed by atoms with E-state index in [1.54, 1.807) is 4.90 Å². The fraction of sp³-hybridized carbons (Fsp3) is 0.870. The van der Waals surface area contributed by atoms with Gasteiger partial charge in [0.05, 0.1) is 18.5 Å². The minimum Gasteiger partial charge on any atom is -0.357 e. The van der Waals surface area contributed by atoms with Gasteiger partial charge in [0.2, 0.25) is 11.8 Å². The molecule has 0 aromatic heterocycles. The van der Waals surface area contributed by atoms with Crippen LogP contribution < -0.4 is 5.32 Å². The normalized spacial score (nSPS) is 21.8. The number of nitrogens with zero attached hydrogens (tertiary/aromatic N) is 5. The number of guanidine groups is 1. The summed E-state index contributed by atoms with van der Waals surface area (Å²) >= 11 is 0. The van der Waals surface area contributed by atoms with E-state index >= 15 is 0 Å². The lowest BCUT2D eigenvalue weighted by Crippen LogP contribution is -2.54. The molecule has 3 rings (SSSR count). The molecule has 0 radical (unpaired) electrons. The molecule has 1 saturated carbocycles. The van der Waals surface area contributed by atoms with Crippen LogP contribution in [0.25, 0.3) is 0 Å². The maximum absolute atomic E-state index is 12.9. The van der Waals surface area contributed by atoms with Crippen molar-refractivity contribution in [1.29, 1.82) is 0 Å². The van der Waals surface area contributed by atoms with Gasteiger partial charge >= 0.3 is 0 Å². The summed E-state index contributed by atoms with van der Waals surface area (Å²) in [7, 11) is 3.70. The highest BCUT2D eigenvalue weighted by Gasteiger charge is 2.42.